The van der Waals surface area contributed by atoms with Crippen LogP contribution >= 0.6 is 0 Å². The van der Waals surface area contributed by atoms with Gasteiger partial charge in [0.15, 0.2) is 0 Å². The number of nitrogens with two attached hydrogens (primary N) is 3. The van der Waals surface area contributed by atoms with Gasteiger partial charge in [0.05, 0.1) is 16.9 Å². The van der Waals surface area contributed by atoms with Gasteiger partial charge in [0, 0.05) is 23.3 Å². The van der Waals surface area contributed by atoms with Crippen LogP contribution in [0.3, 0.4) is 0 Å². The molecule has 0 aliphatic heterocycles. The number of carboxylic acids is 1. The molecule has 6 heteroatoms. The van der Waals surface area contributed by atoms with Gasteiger partial charge in [-0.05, 0) is 30.3 Å². The standard InChI is InChI=1S/C10H17N3.C7H7NO2/c1-10(2,3)9-5-4-7(12)8(6-11)13-9;8-6-3-1-2-5(4-6)7(9)10/h4-5H,6,11-12H2,1-3H3;1-4H,8H2,(H,9,10). The zero-order chi connectivity index (χ0) is 17.6. The molecule has 0 spiro atoms. The Hall–Kier alpha value is -2.60. The van der Waals surface area contributed by atoms with Crippen molar-refractivity contribution in [2.75, 3.05) is 11.5 Å². The molecule has 2 rings (SSSR count). The van der Waals surface area contributed by atoms with Crippen molar-refractivity contribution in [2.24, 2.45) is 5.73 Å². The highest BCUT2D eigenvalue weighted by atomic mass is 16.4. The van der Waals surface area contributed by atoms with Gasteiger partial charge >= 0.3 is 5.97 Å². The van der Waals surface area contributed by atoms with Crippen molar-refractivity contribution in [1.82, 2.24) is 4.98 Å². The summed E-state index contributed by atoms with van der Waals surface area (Å²) in [5, 5.41) is 8.45. The van der Waals surface area contributed by atoms with E-state index in [-0.39, 0.29) is 11.0 Å². The zero-order valence-electron chi connectivity index (χ0n) is 13.7. The highest BCUT2D eigenvalue weighted by molar-refractivity contribution is 5.88. The van der Waals surface area contributed by atoms with E-state index >= 15 is 0 Å². The van der Waals surface area contributed by atoms with E-state index < -0.39 is 5.97 Å². The zero-order valence-corrected chi connectivity index (χ0v) is 13.7. The van der Waals surface area contributed by atoms with Gasteiger partial charge < -0.3 is 22.3 Å². The maximum Gasteiger partial charge on any atom is 0.335 e. The minimum atomic E-state index is -0.952. The number of anilines is 2. The number of hydrogen-bond donors (Lipinski definition) is 4. The Morgan fingerprint density at radius 3 is 2.26 bits per heavy atom. The number of aromatic carboxylic acids is 1. The molecule has 0 amide bonds. The predicted octanol–water partition coefficient (Wildman–Crippen LogP) is 2.39. The fourth-order valence-corrected chi connectivity index (χ4v) is 1.77. The van der Waals surface area contributed by atoms with Crippen LogP contribution in [0.4, 0.5) is 11.4 Å². The van der Waals surface area contributed by atoms with Crippen molar-refractivity contribution >= 4 is 17.3 Å². The van der Waals surface area contributed by atoms with Gasteiger partial charge in [-0.3, -0.25) is 4.98 Å². The number of hydrogen-bond acceptors (Lipinski definition) is 5. The van der Waals surface area contributed by atoms with Crippen LogP contribution in [0.2, 0.25) is 0 Å². The highest BCUT2D eigenvalue weighted by Crippen LogP contribution is 2.22. The number of nitrogens with zero attached hydrogens (tertiary/aromatic N) is 1. The number of benzene rings is 1. The number of pyridine rings is 1. The molecule has 1 heterocycles. The summed E-state index contributed by atoms with van der Waals surface area (Å²) in [5.74, 6) is -0.952. The molecule has 0 saturated heterocycles. The molecular weight excluding hydrogens is 292 g/mol. The smallest absolute Gasteiger partial charge is 0.335 e. The molecule has 0 atom stereocenters. The van der Waals surface area contributed by atoms with Crippen molar-refractivity contribution in [1.29, 1.82) is 0 Å². The number of aromatic nitrogens is 1. The lowest BCUT2D eigenvalue weighted by Gasteiger charge is -2.18. The van der Waals surface area contributed by atoms with Crippen LogP contribution in [0.1, 0.15) is 42.5 Å². The molecule has 1 aromatic carbocycles. The van der Waals surface area contributed by atoms with Gasteiger partial charge in [0.1, 0.15) is 0 Å². The Morgan fingerprint density at radius 2 is 1.83 bits per heavy atom. The van der Waals surface area contributed by atoms with E-state index in [0.29, 0.717) is 17.9 Å². The Balaban J connectivity index is 0.000000238. The second-order valence-corrected chi connectivity index (χ2v) is 6.12. The van der Waals surface area contributed by atoms with Crippen molar-refractivity contribution in [3.05, 3.63) is 53.3 Å². The largest absolute Gasteiger partial charge is 0.478 e. The quantitative estimate of drug-likeness (QED) is 0.630. The lowest BCUT2D eigenvalue weighted by Crippen LogP contribution is -2.16. The van der Waals surface area contributed by atoms with Gasteiger partial charge in [-0.2, -0.15) is 0 Å². The lowest BCUT2D eigenvalue weighted by atomic mass is 9.91. The van der Waals surface area contributed by atoms with Crippen LogP contribution in [-0.2, 0) is 12.0 Å². The third kappa shape index (κ3) is 5.60. The highest BCUT2D eigenvalue weighted by Gasteiger charge is 2.16. The van der Waals surface area contributed by atoms with E-state index in [2.05, 4.69) is 25.8 Å². The summed E-state index contributed by atoms with van der Waals surface area (Å²) >= 11 is 0. The predicted molar refractivity (Wildman–Crippen MR) is 93.1 cm³/mol. The third-order valence-electron chi connectivity index (χ3n) is 3.10. The molecule has 0 saturated carbocycles. The first-order valence-corrected chi connectivity index (χ1v) is 7.20. The van der Waals surface area contributed by atoms with Crippen LogP contribution in [0.15, 0.2) is 36.4 Å². The molecular formula is C17H24N4O2. The van der Waals surface area contributed by atoms with Crippen LogP contribution in [0, 0.1) is 0 Å². The second-order valence-electron chi connectivity index (χ2n) is 6.12. The summed E-state index contributed by atoms with van der Waals surface area (Å²) in [5.41, 5.74) is 19.8. The minimum Gasteiger partial charge on any atom is -0.478 e. The number of nitrogen functional groups attached to an aromatic ring is 2. The van der Waals surface area contributed by atoms with Gasteiger partial charge in [-0.15, -0.1) is 0 Å². The molecule has 2 aromatic rings. The summed E-state index contributed by atoms with van der Waals surface area (Å²) in [6.45, 7) is 6.75. The number of carbonyl (C=O) groups is 1. The van der Waals surface area contributed by atoms with E-state index in [0.717, 1.165) is 11.4 Å². The molecule has 0 bridgehead atoms. The van der Waals surface area contributed by atoms with Crippen LogP contribution in [0.5, 0.6) is 0 Å². The van der Waals surface area contributed by atoms with Crippen LogP contribution in [0.25, 0.3) is 0 Å². The van der Waals surface area contributed by atoms with E-state index in [1.807, 2.05) is 12.1 Å². The molecule has 0 unspecified atom stereocenters. The topological polar surface area (TPSA) is 128 Å². The molecule has 6 nitrogen and oxygen atoms in total. The Kier molecular flexibility index (Phi) is 6.10. The molecule has 0 aliphatic carbocycles. The summed E-state index contributed by atoms with van der Waals surface area (Å²) in [6.07, 6.45) is 0. The SMILES string of the molecule is CC(C)(C)c1ccc(N)c(CN)n1.Nc1cccc(C(=O)O)c1. The summed E-state index contributed by atoms with van der Waals surface area (Å²) < 4.78 is 0. The first kappa shape index (κ1) is 18.4. The number of rotatable bonds is 2. The van der Waals surface area contributed by atoms with E-state index in [1.54, 1.807) is 12.1 Å². The maximum atomic E-state index is 10.3. The first-order chi connectivity index (χ1) is 10.6. The molecule has 23 heavy (non-hydrogen) atoms. The Bertz CT molecular complexity index is 679. The van der Waals surface area contributed by atoms with E-state index in [9.17, 15) is 4.79 Å². The summed E-state index contributed by atoms with van der Waals surface area (Å²) in [7, 11) is 0. The maximum absolute atomic E-state index is 10.3. The Morgan fingerprint density at radius 1 is 1.17 bits per heavy atom. The number of carboxylic acid groups (broad SMARTS) is 1. The average molecular weight is 316 g/mol. The fraction of sp³-hybridized carbons (Fsp3) is 0.294. The first-order valence-electron chi connectivity index (χ1n) is 7.20. The summed E-state index contributed by atoms with van der Waals surface area (Å²) in [4.78, 5) is 14.7. The molecule has 0 aliphatic rings. The van der Waals surface area contributed by atoms with Crippen molar-refractivity contribution in [3.8, 4) is 0 Å². The average Bonchev–Trinajstić information content (AvgIpc) is 2.47. The minimum absolute atomic E-state index is 0.0532. The fourth-order valence-electron chi connectivity index (χ4n) is 1.77. The molecule has 0 radical (unpaired) electrons. The van der Waals surface area contributed by atoms with Crippen LogP contribution < -0.4 is 17.2 Å². The summed E-state index contributed by atoms with van der Waals surface area (Å²) in [6, 6.07) is 10.00. The van der Waals surface area contributed by atoms with E-state index in [1.165, 1.54) is 12.1 Å². The van der Waals surface area contributed by atoms with Crippen molar-refractivity contribution in [3.63, 3.8) is 0 Å². The molecule has 1 aromatic heterocycles. The van der Waals surface area contributed by atoms with Gasteiger partial charge in [0.25, 0.3) is 0 Å². The molecule has 0 fully saturated rings. The normalized spacial score (nSPS) is 10.6. The van der Waals surface area contributed by atoms with Gasteiger partial charge in [-0.1, -0.05) is 26.8 Å². The lowest BCUT2D eigenvalue weighted by molar-refractivity contribution is 0.0697. The van der Waals surface area contributed by atoms with Gasteiger partial charge in [0.2, 0.25) is 0 Å². The monoisotopic (exact) mass is 316 g/mol. The van der Waals surface area contributed by atoms with E-state index in [4.69, 9.17) is 22.3 Å². The molecule has 7 N–H and O–H groups in total. The molecule has 124 valence electrons. The third-order valence-corrected chi connectivity index (χ3v) is 3.10. The second kappa shape index (κ2) is 7.60. The van der Waals surface area contributed by atoms with Crippen molar-refractivity contribution in [2.45, 2.75) is 32.7 Å². The van der Waals surface area contributed by atoms with Gasteiger partial charge in [-0.25, -0.2) is 4.79 Å². The van der Waals surface area contributed by atoms with Crippen molar-refractivity contribution < 1.29 is 9.90 Å². The van der Waals surface area contributed by atoms with Crippen LogP contribution in [-0.4, -0.2) is 16.1 Å². The Labute approximate surface area is 136 Å².